The van der Waals surface area contributed by atoms with Gasteiger partial charge in [-0.2, -0.15) is 18.4 Å². The molecule has 2 N–H and O–H groups in total. The van der Waals surface area contributed by atoms with Gasteiger partial charge in [0, 0.05) is 17.3 Å². The van der Waals surface area contributed by atoms with Crippen LogP contribution in [0.4, 0.5) is 18.9 Å². The van der Waals surface area contributed by atoms with Crippen LogP contribution in [0, 0.1) is 11.3 Å². The summed E-state index contributed by atoms with van der Waals surface area (Å²) in [4.78, 5) is 11.8. The lowest BCUT2D eigenvalue weighted by Crippen LogP contribution is -2.33. The van der Waals surface area contributed by atoms with E-state index in [1.807, 2.05) is 6.92 Å². The first-order valence-electron chi connectivity index (χ1n) is 6.73. The van der Waals surface area contributed by atoms with Crippen molar-refractivity contribution in [2.24, 2.45) is 0 Å². The van der Waals surface area contributed by atoms with Gasteiger partial charge in [-0.1, -0.05) is 18.5 Å². The summed E-state index contributed by atoms with van der Waals surface area (Å²) < 4.78 is 38.8. The van der Waals surface area contributed by atoms with E-state index in [0.717, 1.165) is 18.3 Å². The van der Waals surface area contributed by atoms with Gasteiger partial charge in [-0.3, -0.25) is 4.79 Å². The zero-order valence-corrected chi connectivity index (χ0v) is 13.2. The van der Waals surface area contributed by atoms with Crippen LogP contribution in [0.5, 0.6) is 0 Å². The summed E-state index contributed by atoms with van der Waals surface area (Å²) in [5.74, 6) is -0.656. The van der Waals surface area contributed by atoms with Crippen molar-refractivity contribution in [3.8, 4) is 6.07 Å². The maximum Gasteiger partial charge on any atom is 0.418 e. The van der Waals surface area contributed by atoms with E-state index < -0.39 is 17.6 Å². The minimum absolute atomic E-state index is 0.0677. The van der Waals surface area contributed by atoms with E-state index >= 15 is 0 Å². The van der Waals surface area contributed by atoms with E-state index in [0.29, 0.717) is 6.42 Å². The standard InChI is InChI=1S/C15H15ClF3N3O/c1-3-9(2)22-14(23)10(7-20)8-21-13-5-4-11(16)6-12(13)15(17,18)19/h4-6,8-9,21H,3H2,1-2H3,(H,22,23)/b10-8-. The second-order valence-corrected chi connectivity index (χ2v) is 5.22. The molecule has 1 aromatic rings. The smallest absolute Gasteiger partial charge is 0.360 e. The van der Waals surface area contributed by atoms with Gasteiger partial charge in [0.05, 0.1) is 11.3 Å². The highest BCUT2D eigenvalue weighted by Gasteiger charge is 2.33. The van der Waals surface area contributed by atoms with Crippen molar-refractivity contribution in [3.05, 3.63) is 40.6 Å². The van der Waals surface area contributed by atoms with E-state index in [4.69, 9.17) is 16.9 Å². The summed E-state index contributed by atoms with van der Waals surface area (Å²) in [6.07, 6.45) is -3.02. The molecule has 23 heavy (non-hydrogen) atoms. The van der Waals surface area contributed by atoms with Gasteiger partial charge in [-0.05, 0) is 31.5 Å². The van der Waals surface area contributed by atoms with Crippen molar-refractivity contribution in [1.29, 1.82) is 5.26 Å². The van der Waals surface area contributed by atoms with Crippen molar-refractivity contribution < 1.29 is 18.0 Å². The number of amides is 1. The molecule has 1 rings (SSSR count). The molecule has 1 unspecified atom stereocenters. The first-order valence-corrected chi connectivity index (χ1v) is 7.11. The van der Waals surface area contributed by atoms with Crippen LogP contribution in [0.25, 0.3) is 0 Å². The molecule has 0 bridgehead atoms. The van der Waals surface area contributed by atoms with E-state index in [9.17, 15) is 18.0 Å². The maximum absolute atomic E-state index is 12.9. The Bertz CT molecular complexity index is 650. The lowest BCUT2D eigenvalue weighted by molar-refractivity contribution is -0.136. The third kappa shape index (κ3) is 5.49. The van der Waals surface area contributed by atoms with Crippen molar-refractivity contribution >= 4 is 23.2 Å². The van der Waals surface area contributed by atoms with Gasteiger partial charge < -0.3 is 10.6 Å². The summed E-state index contributed by atoms with van der Waals surface area (Å²) in [6, 6.07) is 4.67. The SMILES string of the molecule is CCC(C)NC(=O)/C(C#N)=C\Nc1ccc(Cl)cc1C(F)(F)F. The molecule has 1 aromatic carbocycles. The first-order chi connectivity index (χ1) is 10.7. The molecule has 0 aliphatic carbocycles. The number of halogens is 4. The monoisotopic (exact) mass is 345 g/mol. The molecule has 4 nitrogen and oxygen atoms in total. The molecule has 0 saturated heterocycles. The Kier molecular flexibility index (Phi) is 6.46. The Morgan fingerprint density at radius 1 is 1.48 bits per heavy atom. The van der Waals surface area contributed by atoms with Crippen molar-refractivity contribution in [2.45, 2.75) is 32.5 Å². The first kappa shape index (κ1) is 18.8. The predicted octanol–water partition coefficient (Wildman–Crippen LogP) is 4.09. The van der Waals surface area contributed by atoms with Crippen LogP contribution in [0.3, 0.4) is 0 Å². The summed E-state index contributed by atoms with van der Waals surface area (Å²) >= 11 is 5.58. The highest BCUT2D eigenvalue weighted by atomic mass is 35.5. The Morgan fingerprint density at radius 2 is 2.13 bits per heavy atom. The van der Waals surface area contributed by atoms with Crippen molar-refractivity contribution in [3.63, 3.8) is 0 Å². The fraction of sp³-hybridized carbons (Fsp3) is 0.333. The molecule has 1 amide bonds. The maximum atomic E-state index is 12.9. The lowest BCUT2D eigenvalue weighted by atomic mass is 10.1. The Morgan fingerprint density at radius 3 is 2.65 bits per heavy atom. The summed E-state index contributed by atoms with van der Waals surface area (Å²) in [7, 11) is 0. The Hall–Kier alpha value is -2.20. The quantitative estimate of drug-likeness (QED) is 0.624. The number of benzene rings is 1. The molecule has 0 fully saturated rings. The average molecular weight is 346 g/mol. The summed E-state index contributed by atoms with van der Waals surface area (Å²) in [6.45, 7) is 3.60. The molecular weight excluding hydrogens is 331 g/mol. The highest BCUT2D eigenvalue weighted by Crippen LogP contribution is 2.36. The molecule has 0 aromatic heterocycles. The molecule has 0 heterocycles. The van der Waals surface area contributed by atoms with Gasteiger partial charge in [-0.15, -0.1) is 0 Å². The van der Waals surface area contributed by atoms with Gasteiger partial charge in [0.15, 0.2) is 0 Å². The largest absolute Gasteiger partial charge is 0.418 e. The lowest BCUT2D eigenvalue weighted by Gasteiger charge is -2.14. The number of hydrogen-bond donors (Lipinski definition) is 2. The fourth-order valence-electron chi connectivity index (χ4n) is 1.58. The number of nitriles is 1. The van der Waals surface area contributed by atoms with Gasteiger partial charge >= 0.3 is 6.18 Å². The molecule has 124 valence electrons. The minimum atomic E-state index is -4.62. The second kappa shape index (κ2) is 7.88. The summed E-state index contributed by atoms with van der Waals surface area (Å²) in [5, 5.41) is 13.8. The molecule has 0 aliphatic rings. The predicted molar refractivity (Wildman–Crippen MR) is 81.7 cm³/mol. The number of carbonyl (C=O) groups is 1. The van der Waals surface area contributed by atoms with Crippen LogP contribution in [0.1, 0.15) is 25.8 Å². The number of alkyl halides is 3. The van der Waals surface area contributed by atoms with Gasteiger partial charge in [0.2, 0.25) is 0 Å². The molecular formula is C15H15ClF3N3O. The second-order valence-electron chi connectivity index (χ2n) is 4.78. The van der Waals surface area contributed by atoms with E-state index in [2.05, 4.69) is 10.6 Å². The van der Waals surface area contributed by atoms with Crippen LogP contribution in [0.2, 0.25) is 5.02 Å². The summed E-state index contributed by atoms with van der Waals surface area (Å²) in [5.41, 5.74) is -1.61. The number of hydrogen-bond acceptors (Lipinski definition) is 3. The number of anilines is 1. The minimum Gasteiger partial charge on any atom is -0.360 e. The van der Waals surface area contributed by atoms with Gasteiger partial charge in [0.25, 0.3) is 5.91 Å². The topological polar surface area (TPSA) is 64.9 Å². The number of nitrogens with one attached hydrogen (secondary N) is 2. The van der Waals surface area contributed by atoms with Crippen LogP contribution in [-0.2, 0) is 11.0 Å². The van der Waals surface area contributed by atoms with E-state index in [-0.39, 0.29) is 22.3 Å². The Labute approximate surface area is 136 Å². The van der Waals surface area contributed by atoms with Crippen LogP contribution in [-0.4, -0.2) is 11.9 Å². The van der Waals surface area contributed by atoms with Gasteiger partial charge in [-0.25, -0.2) is 0 Å². The third-order valence-electron chi connectivity index (χ3n) is 3.01. The molecule has 8 heteroatoms. The molecule has 0 spiro atoms. The van der Waals surface area contributed by atoms with Crippen molar-refractivity contribution in [2.75, 3.05) is 5.32 Å². The average Bonchev–Trinajstić information content (AvgIpc) is 2.47. The highest BCUT2D eigenvalue weighted by molar-refractivity contribution is 6.30. The molecule has 0 aliphatic heterocycles. The molecule has 0 saturated carbocycles. The number of rotatable bonds is 5. The van der Waals surface area contributed by atoms with Crippen LogP contribution < -0.4 is 10.6 Å². The van der Waals surface area contributed by atoms with Crippen molar-refractivity contribution in [1.82, 2.24) is 5.32 Å². The zero-order chi connectivity index (χ0) is 17.6. The zero-order valence-electron chi connectivity index (χ0n) is 12.5. The van der Waals surface area contributed by atoms with Crippen LogP contribution in [0.15, 0.2) is 30.0 Å². The van der Waals surface area contributed by atoms with Gasteiger partial charge in [0.1, 0.15) is 11.6 Å². The molecule has 0 radical (unpaired) electrons. The van der Waals surface area contributed by atoms with E-state index in [1.165, 1.54) is 6.07 Å². The van der Waals surface area contributed by atoms with E-state index in [1.54, 1.807) is 13.0 Å². The fourth-order valence-corrected chi connectivity index (χ4v) is 1.75. The Balaban J connectivity index is 3.03. The normalized spacial score (nSPS) is 13.2. The third-order valence-corrected chi connectivity index (χ3v) is 3.25. The van der Waals surface area contributed by atoms with Crippen LogP contribution >= 0.6 is 11.6 Å². The molecule has 1 atom stereocenters. The number of nitrogens with zero attached hydrogens (tertiary/aromatic N) is 1. The number of carbonyl (C=O) groups excluding carboxylic acids is 1.